The number of carbonyl (C=O) groups is 1. The lowest BCUT2D eigenvalue weighted by atomic mass is 10.2. The molecule has 0 bridgehead atoms. The summed E-state index contributed by atoms with van der Waals surface area (Å²) in [5.41, 5.74) is 1.21. The highest BCUT2D eigenvalue weighted by molar-refractivity contribution is 6.60. The molecule has 0 aliphatic heterocycles. The van der Waals surface area contributed by atoms with E-state index < -0.39 is 14.8 Å². The molecule has 0 spiro atoms. The molecule has 6 heteroatoms. The van der Waals surface area contributed by atoms with Crippen molar-refractivity contribution in [1.82, 2.24) is 0 Å². The fourth-order valence-corrected chi connectivity index (χ4v) is 4.89. The molecule has 0 heterocycles. The Bertz CT molecular complexity index is 485. The molecule has 1 aromatic carbocycles. The van der Waals surface area contributed by atoms with Gasteiger partial charge in [0.2, 0.25) is 0 Å². The minimum Gasteiger partial charge on any atom is -0.457 e. The molecular weight excluding hydrogens is 324 g/mol. The van der Waals surface area contributed by atoms with E-state index in [1.54, 1.807) is 6.92 Å². The van der Waals surface area contributed by atoms with Crippen LogP contribution in [0.3, 0.4) is 0 Å². The lowest BCUT2D eigenvalue weighted by Crippen LogP contribution is -2.48. The summed E-state index contributed by atoms with van der Waals surface area (Å²) in [5.74, 6) is -0.463. The summed E-state index contributed by atoms with van der Waals surface area (Å²) in [4.78, 5) is 11.3. The molecule has 134 valence electrons. The largest absolute Gasteiger partial charge is 0.501 e. The number of esters is 1. The van der Waals surface area contributed by atoms with Gasteiger partial charge in [-0.3, -0.25) is 0 Å². The van der Waals surface area contributed by atoms with Crippen LogP contribution in [0.25, 0.3) is 0 Å². The fourth-order valence-electron chi connectivity index (χ4n) is 2.25. The number of ether oxygens (including phenoxy) is 1. The van der Waals surface area contributed by atoms with E-state index in [4.69, 9.17) is 18.0 Å². The average molecular weight is 353 g/mol. The van der Waals surface area contributed by atoms with Crippen LogP contribution in [0.15, 0.2) is 43.0 Å². The monoisotopic (exact) mass is 352 g/mol. The summed E-state index contributed by atoms with van der Waals surface area (Å²) in [7, 11) is -2.82. The first kappa shape index (κ1) is 20.6. The maximum absolute atomic E-state index is 11.3. The van der Waals surface area contributed by atoms with Crippen molar-refractivity contribution in [3.05, 3.63) is 48.6 Å². The first-order valence-electron chi connectivity index (χ1n) is 8.34. The zero-order valence-corrected chi connectivity index (χ0v) is 15.8. The molecule has 0 radical (unpaired) electrons. The molecule has 1 rings (SSSR count). The van der Waals surface area contributed by atoms with Gasteiger partial charge in [-0.2, -0.15) is 0 Å². The van der Waals surface area contributed by atoms with E-state index in [0.717, 1.165) is 12.5 Å². The van der Waals surface area contributed by atoms with Crippen molar-refractivity contribution in [3.8, 4) is 0 Å². The van der Waals surface area contributed by atoms with Crippen LogP contribution in [0.1, 0.15) is 26.3 Å². The van der Waals surface area contributed by atoms with Crippen LogP contribution in [-0.4, -0.2) is 40.7 Å². The predicted octanol–water partition coefficient (Wildman–Crippen LogP) is 3.38. The third kappa shape index (κ3) is 7.40. The quantitative estimate of drug-likeness (QED) is 0.328. The minimum absolute atomic E-state index is 0.237. The van der Waals surface area contributed by atoms with E-state index in [-0.39, 0.29) is 12.7 Å². The second-order valence-electron chi connectivity index (χ2n) is 5.30. The van der Waals surface area contributed by atoms with Crippen molar-refractivity contribution in [2.45, 2.75) is 39.3 Å². The van der Waals surface area contributed by atoms with E-state index in [1.807, 2.05) is 32.0 Å². The van der Waals surface area contributed by atoms with Crippen molar-refractivity contribution < 1.29 is 22.8 Å². The predicted molar refractivity (Wildman–Crippen MR) is 95.7 cm³/mol. The molecule has 0 aromatic heterocycles. The summed E-state index contributed by atoms with van der Waals surface area (Å²) >= 11 is 0. The SMILES string of the molecule is C=CC(=O)OC(C)CO[Si](CCc1ccccc1)(OCC)OCC. The Hall–Kier alpha value is -1.47. The van der Waals surface area contributed by atoms with E-state index in [0.29, 0.717) is 19.3 Å². The maximum atomic E-state index is 11.3. The van der Waals surface area contributed by atoms with E-state index in [2.05, 4.69) is 18.7 Å². The van der Waals surface area contributed by atoms with Crippen LogP contribution in [0.4, 0.5) is 0 Å². The van der Waals surface area contributed by atoms with Crippen molar-refractivity contribution in [1.29, 1.82) is 0 Å². The lowest BCUT2D eigenvalue weighted by molar-refractivity contribution is -0.144. The van der Waals surface area contributed by atoms with Gasteiger partial charge < -0.3 is 18.0 Å². The number of aryl methyl sites for hydroxylation is 1. The van der Waals surface area contributed by atoms with Gasteiger partial charge in [0.05, 0.1) is 6.61 Å². The number of hydrogen-bond acceptors (Lipinski definition) is 5. The molecule has 1 unspecified atom stereocenters. The second kappa shape index (κ2) is 11.1. The lowest BCUT2D eigenvalue weighted by Gasteiger charge is -2.30. The van der Waals surface area contributed by atoms with Crippen molar-refractivity contribution in [2.75, 3.05) is 19.8 Å². The third-order valence-corrected chi connectivity index (χ3v) is 6.24. The van der Waals surface area contributed by atoms with Gasteiger partial charge in [0.25, 0.3) is 0 Å². The smallest absolute Gasteiger partial charge is 0.457 e. The Balaban J connectivity index is 2.69. The Kier molecular flexibility index (Phi) is 9.55. The normalized spacial score (nSPS) is 12.6. The van der Waals surface area contributed by atoms with Crippen LogP contribution in [0.5, 0.6) is 0 Å². The molecule has 0 fully saturated rings. The molecule has 5 nitrogen and oxygen atoms in total. The second-order valence-corrected chi connectivity index (χ2v) is 8.03. The maximum Gasteiger partial charge on any atom is 0.501 e. The first-order valence-corrected chi connectivity index (χ1v) is 10.3. The van der Waals surface area contributed by atoms with Crippen LogP contribution in [0.2, 0.25) is 6.04 Å². The topological polar surface area (TPSA) is 54.0 Å². The van der Waals surface area contributed by atoms with Crippen LogP contribution in [0, 0.1) is 0 Å². The van der Waals surface area contributed by atoms with Gasteiger partial charge in [-0.1, -0.05) is 36.9 Å². The Morgan fingerprint density at radius 2 is 1.79 bits per heavy atom. The molecule has 0 aliphatic rings. The van der Waals surface area contributed by atoms with Gasteiger partial charge in [0.1, 0.15) is 6.10 Å². The number of hydrogen-bond donors (Lipinski definition) is 0. The summed E-state index contributed by atoms with van der Waals surface area (Å²) < 4.78 is 23.0. The van der Waals surface area contributed by atoms with Crippen molar-refractivity contribution >= 4 is 14.8 Å². The third-order valence-electron chi connectivity index (χ3n) is 3.31. The van der Waals surface area contributed by atoms with Gasteiger partial charge >= 0.3 is 14.8 Å². The summed E-state index contributed by atoms with van der Waals surface area (Å²) in [5, 5.41) is 0. The van der Waals surface area contributed by atoms with E-state index in [1.165, 1.54) is 5.56 Å². The highest BCUT2D eigenvalue weighted by Gasteiger charge is 2.40. The van der Waals surface area contributed by atoms with Crippen LogP contribution >= 0.6 is 0 Å². The number of carbonyl (C=O) groups excluding carboxylic acids is 1. The van der Waals surface area contributed by atoms with Gasteiger partial charge in [-0.05, 0) is 32.8 Å². The van der Waals surface area contributed by atoms with E-state index >= 15 is 0 Å². The molecule has 0 N–H and O–H groups in total. The molecule has 0 saturated carbocycles. The zero-order valence-electron chi connectivity index (χ0n) is 14.8. The highest BCUT2D eigenvalue weighted by Crippen LogP contribution is 2.20. The molecular formula is C18H28O5Si. The standard InChI is InChI=1S/C18H28O5Si/c1-5-18(19)23-16(4)15-22-24(20-6-2,21-7-3)14-13-17-11-9-8-10-12-17/h5,8-12,16H,1,6-7,13-15H2,2-4H3. The Morgan fingerprint density at radius 1 is 1.17 bits per heavy atom. The van der Waals surface area contributed by atoms with Gasteiger partial charge in [0, 0.05) is 25.3 Å². The van der Waals surface area contributed by atoms with Gasteiger partial charge in [-0.15, -0.1) is 0 Å². The van der Waals surface area contributed by atoms with Gasteiger partial charge in [-0.25, -0.2) is 4.79 Å². The zero-order chi connectivity index (χ0) is 17.8. The summed E-state index contributed by atoms with van der Waals surface area (Å²) in [6.45, 7) is 10.3. The van der Waals surface area contributed by atoms with E-state index in [9.17, 15) is 4.79 Å². The van der Waals surface area contributed by atoms with Gasteiger partial charge in [0.15, 0.2) is 0 Å². The van der Waals surface area contributed by atoms with Crippen LogP contribution < -0.4 is 0 Å². The highest BCUT2D eigenvalue weighted by atomic mass is 28.4. The molecule has 0 aliphatic carbocycles. The molecule has 0 amide bonds. The average Bonchev–Trinajstić information content (AvgIpc) is 2.59. The molecule has 1 atom stereocenters. The summed E-state index contributed by atoms with van der Waals surface area (Å²) in [6, 6.07) is 10.8. The van der Waals surface area contributed by atoms with Crippen molar-refractivity contribution in [3.63, 3.8) is 0 Å². The molecule has 24 heavy (non-hydrogen) atoms. The Morgan fingerprint density at radius 3 is 2.33 bits per heavy atom. The molecule has 0 saturated heterocycles. The fraction of sp³-hybridized carbons (Fsp3) is 0.500. The number of rotatable bonds is 12. The van der Waals surface area contributed by atoms with Crippen molar-refractivity contribution in [2.24, 2.45) is 0 Å². The Labute approximate surface area is 145 Å². The number of benzene rings is 1. The minimum atomic E-state index is -2.82. The van der Waals surface area contributed by atoms with Crippen LogP contribution in [-0.2, 0) is 29.2 Å². The summed E-state index contributed by atoms with van der Waals surface area (Å²) in [6.07, 6.45) is 1.57. The molecule has 1 aromatic rings. The first-order chi connectivity index (χ1) is 11.5.